The number of carbonyl (C=O) groups excluding carboxylic acids is 1. The predicted molar refractivity (Wildman–Crippen MR) is 95.8 cm³/mol. The van der Waals surface area contributed by atoms with E-state index in [9.17, 15) is 4.79 Å². The minimum absolute atomic E-state index is 0.0372. The molecule has 4 N–H and O–H groups in total. The summed E-state index contributed by atoms with van der Waals surface area (Å²) in [5, 5.41) is 5.69. The van der Waals surface area contributed by atoms with Gasteiger partial charge in [-0.3, -0.25) is 4.79 Å². The first-order valence-electron chi connectivity index (χ1n) is 8.04. The standard InChI is InChI=1S/C18H24N4O2/c1-3-13(2)14-6-8-15(9-7-14)22-18(19)21-12-17(23)20-11-16-5-4-10-24-16/h4-10,13H,3,11-12H2,1-2H3,(H,20,23)(H3,19,21,22). The Morgan fingerprint density at radius 3 is 2.67 bits per heavy atom. The van der Waals surface area contributed by atoms with Gasteiger partial charge in [-0.1, -0.05) is 26.0 Å². The van der Waals surface area contributed by atoms with Crippen LogP contribution < -0.4 is 16.4 Å². The number of nitrogens with zero attached hydrogens (tertiary/aromatic N) is 1. The molecule has 1 unspecified atom stereocenters. The van der Waals surface area contributed by atoms with Crippen LogP contribution in [0.15, 0.2) is 52.1 Å². The SMILES string of the molecule is CCC(C)c1ccc(NC(N)=NCC(=O)NCc2ccco2)cc1. The molecule has 0 radical (unpaired) electrons. The molecule has 1 heterocycles. The number of carbonyl (C=O) groups is 1. The summed E-state index contributed by atoms with van der Waals surface area (Å²) in [6, 6.07) is 11.6. The monoisotopic (exact) mass is 328 g/mol. The number of rotatable bonds is 7. The maximum Gasteiger partial charge on any atom is 0.242 e. The van der Waals surface area contributed by atoms with Crippen LogP contribution in [0.4, 0.5) is 5.69 Å². The van der Waals surface area contributed by atoms with E-state index in [1.165, 1.54) is 5.56 Å². The van der Waals surface area contributed by atoms with Crippen LogP contribution in [-0.2, 0) is 11.3 Å². The summed E-state index contributed by atoms with van der Waals surface area (Å²) >= 11 is 0. The highest BCUT2D eigenvalue weighted by Gasteiger charge is 2.04. The van der Waals surface area contributed by atoms with Crippen molar-refractivity contribution >= 4 is 17.6 Å². The minimum Gasteiger partial charge on any atom is -0.467 e. The lowest BCUT2D eigenvalue weighted by molar-refractivity contribution is -0.119. The maximum atomic E-state index is 11.7. The Balaban J connectivity index is 1.79. The summed E-state index contributed by atoms with van der Waals surface area (Å²) in [5.74, 6) is 1.21. The van der Waals surface area contributed by atoms with Gasteiger partial charge in [-0.25, -0.2) is 4.99 Å². The zero-order valence-electron chi connectivity index (χ0n) is 14.1. The molecular formula is C18H24N4O2. The highest BCUT2D eigenvalue weighted by Crippen LogP contribution is 2.20. The number of benzene rings is 1. The Labute approximate surface area is 142 Å². The van der Waals surface area contributed by atoms with E-state index in [0.717, 1.165) is 12.1 Å². The average molecular weight is 328 g/mol. The van der Waals surface area contributed by atoms with Crippen molar-refractivity contribution in [1.82, 2.24) is 5.32 Å². The van der Waals surface area contributed by atoms with Gasteiger partial charge < -0.3 is 20.8 Å². The third-order valence-corrected chi connectivity index (χ3v) is 3.80. The molecule has 6 nitrogen and oxygen atoms in total. The topological polar surface area (TPSA) is 92.6 Å². The Hall–Kier alpha value is -2.76. The third-order valence-electron chi connectivity index (χ3n) is 3.80. The van der Waals surface area contributed by atoms with Crippen molar-refractivity contribution in [2.75, 3.05) is 11.9 Å². The molecule has 0 saturated heterocycles. The van der Waals surface area contributed by atoms with Crippen LogP contribution >= 0.6 is 0 Å². The maximum absolute atomic E-state index is 11.7. The van der Waals surface area contributed by atoms with E-state index in [1.807, 2.05) is 12.1 Å². The lowest BCUT2D eigenvalue weighted by Gasteiger charge is -2.10. The molecule has 0 spiro atoms. The van der Waals surface area contributed by atoms with Gasteiger partial charge in [-0.05, 0) is 42.2 Å². The molecule has 2 rings (SSSR count). The van der Waals surface area contributed by atoms with E-state index in [1.54, 1.807) is 18.4 Å². The van der Waals surface area contributed by atoms with Gasteiger partial charge in [0.15, 0.2) is 5.96 Å². The number of furan rings is 1. The van der Waals surface area contributed by atoms with Crippen molar-refractivity contribution in [3.05, 3.63) is 54.0 Å². The molecule has 0 aliphatic rings. The zero-order valence-corrected chi connectivity index (χ0v) is 14.1. The molecule has 1 aromatic heterocycles. The first-order valence-corrected chi connectivity index (χ1v) is 8.04. The molecule has 0 aliphatic carbocycles. The molecule has 0 saturated carbocycles. The van der Waals surface area contributed by atoms with E-state index in [2.05, 4.69) is 41.6 Å². The fraction of sp³-hybridized carbons (Fsp3) is 0.333. The predicted octanol–water partition coefficient (Wildman–Crippen LogP) is 2.84. The van der Waals surface area contributed by atoms with Crippen LogP contribution in [0.25, 0.3) is 0 Å². The normalized spacial score (nSPS) is 12.7. The van der Waals surface area contributed by atoms with Crippen LogP contribution in [0.2, 0.25) is 0 Å². The second-order valence-electron chi connectivity index (χ2n) is 5.61. The summed E-state index contributed by atoms with van der Waals surface area (Å²) < 4.78 is 5.14. The number of anilines is 1. The first kappa shape index (κ1) is 17.6. The van der Waals surface area contributed by atoms with Crippen LogP contribution in [0.5, 0.6) is 0 Å². The number of nitrogens with one attached hydrogen (secondary N) is 2. The summed E-state index contributed by atoms with van der Waals surface area (Å²) in [6.45, 7) is 4.66. The van der Waals surface area contributed by atoms with Crippen molar-refractivity contribution in [2.45, 2.75) is 32.7 Å². The Bertz CT molecular complexity index is 663. The fourth-order valence-corrected chi connectivity index (χ4v) is 2.13. The molecule has 2 aromatic rings. The van der Waals surface area contributed by atoms with Gasteiger partial charge >= 0.3 is 0 Å². The van der Waals surface area contributed by atoms with Gasteiger partial charge in [-0.2, -0.15) is 0 Å². The van der Waals surface area contributed by atoms with Gasteiger partial charge in [0, 0.05) is 5.69 Å². The van der Waals surface area contributed by atoms with Crippen molar-refractivity contribution in [3.8, 4) is 0 Å². The van der Waals surface area contributed by atoms with Crippen molar-refractivity contribution < 1.29 is 9.21 Å². The highest BCUT2D eigenvalue weighted by atomic mass is 16.3. The van der Waals surface area contributed by atoms with E-state index >= 15 is 0 Å². The van der Waals surface area contributed by atoms with Crippen molar-refractivity contribution in [3.63, 3.8) is 0 Å². The second kappa shape index (κ2) is 8.76. The van der Waals surface area contributed by atoms with E-state index in [0.29, 0.717) is 18.2 Å². The number of hydrogen-bond acceptors (Lipinski definition) is 3. The molecule has 0 bridgehead atoms. The van der Waals surface area contributed by atoms with Crippen LogP contribution in [0.3, 0.4) is 0 Å². The Morgan fingerprint density at radius 1 is 1.29 bits per heavy atom. The molecule has 0 aliphatic heterocycles. The number of aliphatic imine (C=N–C) groups is 1. The van der Waals surface area contributed by atoms with E-state index < -0.39 is 0 Å². The van der Waals surface area contributed by atoms with Crippen LogP contribution in [-0.4, -0.2) is 18.4 Å². The first-order chi connectivity index (χ1) is 11.6. The highest BCUT2D eigenvalue weighted by molar-refractivity contribution is 5.93. The van der Waals surface area contributed by atoms with Crippen molar-refractivity contribution in [2.24, 2.45) is 10.7 Å². The summed E-state index contributed by atoms with van der Waals surface area (Å²) in [5.41, 5.74) is 7.94. The van der Waals surface area contributed by atoms with Gasteiger partial charge in [0.05, 0.1) is 12.8 Å². The molecule has 1 aromatic carbocycles. The largest absolute Gasteiger partial charge is 0.467 e. The quantitative estimate of drug-likeness (QED) is 0.538. The summed E-state index contributed by atoms with van der Waals surface area (Å²) in [4.78, 5) is 15.7. The zero-order chi connectivity index (χ0) is 17.4. The third kappa shape index (κ3) is 5.46. The molecule has 1 atom stereocenters. The van der Waals surface area contributed by atoms with E-state index in [4.69, 9.17) is 10.2 Å². The number of amides is 1. The molecule has 24 heavy (non-hydrogen) atoms. The minimum atomic E-state index is -0.219. The van der Waals surface area contributed by atoms with Crippen molar-refractivity contribution in [1.29, 1.82) is 0 Å². The Morgan fingerprint density at radius 2 is 2.04 bits per heavy atom. The second-order valence-corrected chi connectivity index (χ2v) is 5.61. The molecular weight excluding hydrogens is 304 g/mol. The number of hydrogen-bond donors (Lipinski definition) is 3. The van der Waals surface area contributed by atoms with E-state index in [-0.39, 0.29) is 18.4 Å². The van der Waals surface area contributed by atoms with Gasteiger partial charge in [0.2, 0.25) is 5.91 Å². The van der Waals surface area contributed by atoms with Crippen LogP contribution in [0, 0.1) is 0 Å². The average Bonchev–Trinajstić information content (AvgIpc) is 3.11. The smallest absolute Gasteiger partial charge is 0.242 e. The lowest BCUT2D eigenvalue weighted by atomic mass is 9.99. The lowest BCUT2D eigenvalue weighted by Crippen LogP contribution is -2.28. The van der Waals surface area contributed by atoms with Gasteiger partial charge in [0.1, 0.15) is 12.3 Å². The van der Waals surface area contributed by atoms with Crippen LogP contribution in [0.1, 0.15) is 37.5 Å². The number of guanidine groups is 1. The summed E-state index contributed by atoms with van der Waals surface area (Å²) in [7, 11) is 0. The number of nitrogens with two attached hydrogens (primary N) is 1. The van der Waals surface area contributed by atoms with Gasteiger partial charge in [-0.15, -0.1) is 0 Å². The summed E-state index contributed by atoms with van der Waals surface area (Å²) in [6.07, 6.45) is 2.66. The molecule has 1 amide bonds. The molecule has 128 valence electrons. The Kier molecular flexibility index (Phi) is 6.42. The fourth-order valence-electron chi connectivity index (χ4n) is 2.13. The van der Waals surface area contributed by atoms with Gasteiger partial charge in [0.25, 0.3) is 0 Å². The molecule has 6 heteroatoms. The molecule has 0 fully saturated rings.